The standard InChI is InChI=1S/C16H35B/c1-6-7-8-9-10-11-12-16(13-14(2)3)17-15(4)5/h14-17H,6-13H2,1-5H3. The van der Waals surface area contributed by atoms with Crippen molar-refractivity contribution in [1.29, 1.82) is 0 Å². The van der Waals surface area contributed by atoms with Gasteiger partial charge in [-0.15, -0.1) is 0 Å². The molecule has 0 aliphatic carbocycles. The first-order valence-corrected chi connectivity index (χ1v) is 8.06. The molecule has 0 amide bonds. The molecular weight excluding hydrogens is 203 g/mol. The van der Waals surface area contributed by atoms with Gasteiger partial charge in [-0.25, -0.2) is 0 Å². The van der Waals surface area contributed by atoms with Crippen LogP contribution < -0.4 is 0 Å². The summed E-state index contributed by atoms with van der Waals surface area (Å²) in [7, 11) is 1.44. The Kier molecular flexibility index (Phi) is 11.2. The third kappa shape index (κ3) is 12.3. The molecule has 0 aromatic carbocycles. The highest BCUT2D eigenvalue weighted by molar-refractivity contribution is 6.39. The Bertz CT molecular complexity index is 142. The highest BCUT2D eigenvalue weighted by Gasteiger charge is 2.13. The van der Waals surface area contributed by atoms with E-state index >= 15 is 0 Å². The molecular formula is C16H35B. The minimum Gasteiger partial charge on any atom is -0.0710 e. The van der Waals surface area contributed by atoms with Gasteiger partial charge in [0.1, 0.15) is 7.28 Å². The fourth-order valence-electron chi connectivity index (χ4n) is 2.88. The van der Waals surface area contributed by atoms with Gasteiger partial charge in [-0.3, -0.25) is 0 Å². The summed E-state index contributed by atoms with van der Waals surface area (Å²) in [6.07, 6.45) is 11.6. The monoisotopic (exact) mass is 238 g/mol. The number of hydrogen-bond donors (Lipinski definition) is 0. The number of unbranched alkanes of at least 4 members (excludes halogenated alkanes) is 5. The molecule has 0 saturated carbocycles. The average molecular weight is 238 g/mol. The Morgan fingerprint density at radius 2 is 1.41 bits per heavy atom. The average Bonchev–Trinajstić information content (AvgIpc) is 2.21. The lowest BCUT2D eigenvalue weighted by Crippen LogP contribution is -2.10. The van der Waals surface area contributed by atoms with Crippen molar-refractivity contribution in [3.05, 3.63) is 0 Å². The van der Waals surface area contributed by atoms with E-state index in [1.165, 1.54) is 58.6 Å². The van der Waals surface area contributed by atoms with Gasteiger partial charge < -0.3 is 0 Å². The maximum atomic E-state index is 2.37. The molecule has 0 aromatic heterocycles. The highest BCUT2D eigenvalue weighted by Crippen LogP contribution is 2.26. The van der Waals surface area contributed by atoms with Gasteiger partial charge in [-0.05, 0) is 5.92 Å². The largest absolute Gasteiger partial charge is 0.126 e. The van der Waals surface area contributed by atoms with E-state index in [0.29, 0.717) is 0 Å². The van der Waals surface area contributed by atoms with Crippen molar-refractivity contribution in [2.24, 2.45) is 5.92 Å². The van der Waals surface area contributed by atoms with Crippen LogP contribution in [-0.4, -0.2) is 7.28 Å². The minimum absolute atomic E-state index is 0.874. The van der Waals surface area contributed by atoms with Crippen LogP contribution in [0.3, 0.4) is 0 Å². The lowest BCUT2D eigenvalue weighted by Gasteiger charge is -2.19. The zero-order valence-electron chi connectivity index (χ0n) is 13.1. The molecule has 102 valence electrons. The summed E-state index contributed by atoms with van der Waals surface area (Å²) in [6, 6.07) is 0. The van der Waals surface area contributed by atoms with Gasteiger partial charge in [0.2, 0.25) is 0 Å². The topological polar surface area (TPSA) is 0 Å². The normalized spacial score (nSPS) is 13.4. The Balaban J connectivity index is 3.60. The van der Waals surface area contributed by atoms with Crippen molar-refractivity contribution in [3.8, 4) is 0 Å². The molecule has 0 aliphatic heterocycles. The summed E-state index contributed by atoms with van der Waals surface area (Å²) in [5.74, 6) is 2.74. The summed E-state index contributed by atoms with van der Waals surface area (Å²) < 4.78 is 0. The van der Waals surface area contributed by atoms with E-state index in [1.807, 2.05) is 0 Å². The highest BCUT2D eigenvalue weighted by atomic mass is 14.1. The van der Waals surface area contributed by atoms with E-state index in [2.05, 4.69) is 34.6 Å². The molecule has 0 aromatic rings. The predicted molar refractivity (Wildman–Crippen MR) is 83.4 cm³/mol. The van der Waals surface area contributed by atoms with Gasteiger partial charge in [-0.1, -0.05) is 97.6 Å². The van der Waals surface area contributed by atoms with Gasteiger partial charge in [0.15, 0.2) is 0 Å². The summed E-state index contributed by atoms with van der Waals surface area (Å²) >= 11 is 0. The lowest BCUT2D eigenvalue weighted by molar-refractivity contribution is 0.503. The van der Waals surface area contributed by atoms with Crippen molar-refractivity contribution in [1.82, 2.24) is 0 Å². The van der Waals surface area contributed by atoms with Gasteiger partial charge >= 0.3 is 0 Å². The van der Waals surface area contributed by atoms with Crippen LogP contribution in [-0.2, 0) is 0 Å². The molecule has 0 saturated heterocycles. The molecule has 0 nitrogen and oxygen atoms in total. The molecule has 0 spiro atoms. The molecule has 0 bridgehead atoms. The zero-order valence-corrected chi connectivity index (χ0v) is 13.1. The first-order valence-electron chi connectivity index (χ1n) is 8.06. The number of hydrogen-bond acceptors (Lipinski definition) is 0. The number of rotatable bonds is 11. The molecule has 0 fully saturated rings. The SMILES string of the molecule is CCCCCCCCC(BC(C)C)CC(C)C. The third-order valence-electron chi connectivity index (χ3n) is 3.58. The fraction of sp³-hybridized carbons (Fsp3) is 1.00. The molecule has 0 N–H and O–H groups in total. The lowest BCUT2D eigenvalue weighted by atomic mass is 9.53. The minimum atomic E-state index is 0.874. The zero-order chi connectivity index (χ0) is 13.1. The smallest absolute Gasteiger partial charge is 0.0710 e. The second-order valence-corrected chi connectivity index (χ2v) is 6.68. The summed E-state index contributed by atoms with van der Waals surface area (Å²) in [4.78, 5) is 0. The van der Waals surface area contributed by atoms with E-state index in [4.69, 9.17) is 0 Å². The molecule has 1 atom stereocenters. The van der Waals surface area contributed by atoms with Gasteiger partial charge in [0.05, 0.1) is 0 Å². The second-order valence-electron chi connectivity index (χ2n) is 6.68. The van der Waals surface area contributed by atoms with Crippen molar-refractivity contribution < 1.29 is 0 Å². The Morgan fingerprint density at radius 3 is 1.94 bits per heavy atom. The van der Waals surface area contributed by atoms with E-state index in [-0.39, 0.29) is 0 Å². The molecule has 1 unspecified atom stereocenters. The van der Waals surface area contributed by atoms with Crippen LogP contribution >= 0.6 is 0 Å². The first kappa shape index (κ1) is 17.1. The summed E-state index contributed by atoms with van der Waals surface area (Å²) in [5, 5.41) is 0. The van der Waals surface area contributed by atoms with E-state index in [9.17, 15) is 0 Å². The van der Waals surface area contributed by atoms with Crippen LogP contribution in [0.25, 0.3) is 0 Å². The predicted octanol–water partition coefficient (Wildman–Crippen LogP) is 5.84. The molecule has 0 heterocycles. The molecule has 0 aliphatic rings. The molecule has 0 rings (SSSR count). The van der Waals surface area contributed by atoms with Crippen molar-refractivity contribution >= 4 is 7.28 Å². The maximum absolute atomic E-state index is 2.37. The first-order chi connectivity index (χ1) is 8.06. The van der Waals surface area contributed by atoms with Crippen LogP contribution in [0.15, 0.2) is 0 Å². The Labute approximate surface area is 111 Å². The van der Waals surface area contributed by atoms with E-state index < -0.39 is 0 Å². The molecule has 0 radical (unpaired) electrons. The van der Waals surface area contributed by atoms with Crippen molar-refractivity contribution in [2.75, 3.05) is 0 Å². The van der Waals surface area contributed by atoms with Crippen molar-refractivity contribution in [3.63, 3.8) is 0 Å². The van der Waals surface area contributed by atoms with Gasteiger partial charge in [0.25, 0.3) is 0 Å². The molecule has 17 heavy (non-hydrogen) atoms. The Morgan fingerprint density at radius 1 is 0.824 bits per heavy atom. The van der Waals surface area contributed by atoms with Crippen molar-refractivity contribution in [2.45, 2.75) is 97.6 Å². The van der Waals surface area contributed by atoms with Crippen LogP contribution in [0.2, 0.25) is 11.6 Å². The van der Waals surface area contributed by atoms with Crippen LogP contribution in [0.1, 0.15) is 86.0 Å². The molecule has 1 heteroatoms. The van der Waals surface area contributed by atoms with Crippen LogP contribution in [0.5, 0.6) is 0 Å². The van der Waals surface area contributed by atoms with E-state index in [0.717, 1.165) is 17.6 Å². The van der Waals surface area contributed by atoms with Gasteiger partial charge in [0, 0.05) is 0 Å². The second kappa shape index (κ2) is 11.2. The Hall–Kier alpha value is 0.0649. The summed E-state index contributed by atoms with van der Waals surface area (Å²) in [5.41, 5.74) is 0. The van der Waals surface area contributed by atoms with E-state index in [1.54, 1.807) is 0 Å². The summed E-state index contributed by atoms with van der Waals surface area (Å²) in [6.45, 7) is 11.8. The van der Waals surface area contributed by atoms with Crippen LogP contribution in [0, 0.1) is 5.92 Å². The van der Waals surface area contributed by atoms with Gasteiger partial charge in [-0.2, -0.15) is 0 Å². The maximum Gasteiger partial charge on any atom is 0.126 e. The van der Waals surface area contributed by atoms with Crippen LogP contribution in [0.4, 0.5) is 0 Å². The quantitative estimate of drug-likeness (QED) is 0.313. The third-order valence-corrected chi connectivity index (χ3v) is 3.58. The fourth-order valence-corrected chi connectivity index (χ4v) is 2.88.